The first kappa shape index (κ1) is 32.2. The van der Waals surface area contributed by atoms with Crippen molar-refractivity contribution in [2.24, 2.45) is 0 Å². The molecule has 7 nitrogen and oxygen atoms in total. The second kappa shape index (κ2) is 13.3. The summed E-state index contributed by atoms with van der Waals surface area (Å²) in [5.74, 6) is -2.08. The molecule has 0 saturated heterocycles. The van der Waals surface area contributed by atoms with Crippen LogP contribution in [-0.4, -0.2) is 31.8 Å². The number of halogens is 6. The second-order valence-electron chi connectivity index (χ2n) is 9.29. The van der Waals surface area contributed by atoms with E-state index in [1.165, 1.54) is 24.3 Å². The van der Waals surface area contributed by atoms with Gasteiger partial charge >= 0.3 is 24.7 Å². The summed E-state index contributed by atoms with van der Waals surface area (Å²) in [6.45, 7) is 0. The van der Waals surface area contributed by atoms with Crippen LogP contribution in [0.4, 0.5) is 31.1 Å². The zero-order valence-electron chi connectivity index (χ0n) is 22.7. The number of ether oxygens (including phenoxy) is 3. The molecule has 0 radical (unpaired) electrons. The summed E-state index contributed by atoms with van der Waals surface area (Å²) in [5, 5.41) is 6.93. The Morgan fingerprint density at radius 2 is 1.34 bits per heavy atom. The van der Waals surface area contributed by atoms with Crippen molar-refractivity contribution in [1.29, 1.82) is 0 Å². The van der Waals surface area contributed by atoms with E-state index >= 15 is 0 Å². The molecule has 14 heteroatoms. The van der Waals surface area contributed by atoms with E-state index in [0.717, 1.165) is 42.7 Å². The number of amides is 2. The first-order chi connectivity index (χ1) is 20.8. The molecule has 0 spiro atoms. The minimum atomic E-state index is -5.06. The molecule has 1 aromatic heterocycles. The highest BCUT2D eigenvalue weighted by atomic mass is 32.1. The van der Waals surface area contributed by atoms with Gasteiger partial charge in [-0.1, -0.05) is 60.7 Å². The van der Waals surface area contributed by atoms with Crippen molar-refractivity contribution < 1.29 is 50.1 Å². The van der Waals surface area contributed by atoms with E-state index in [1.54, 1.807) is 47.8 Å². The van der Waals surface area contributed by atoms with Gasteiger partial charge in [0.15, 0.2) is 6.04 Å². The van der Waals surface area contributed by atoms with Gasteiger partial charge in [0.05, 0.1) is 12.6 Å². The normalized spacial score (nSPS) is 12.6. The Morgan fingerprint density at radius 1 is 0.773 bits per heavy atom. The molecule has 2 amide bonds. The largest absolute Gasteiger partial charge is 0.573 e. The number of hydrogen-bond donors (Lipinski definition) is 2. The lowest BCUT2D eigenvalue weighted by atomic mass is 9.77. The van der Waals surface area contributed by atoms with Crippen LogP contribution in [0.1, 0.15) is 27.6 Å². The average Bonchev–Trinajstić information content (AvgIpc) is 3.49. The number of benzene rings is 3. The maximum atomic E-state index is 13.7. The third-order valence-electron chi connectivity index (χ3n) is 6.30. The summed E-state index contributed by atoms with van der Waals surface area (Å²) in [4.78, 5) is 26.7. The fraction of sp³-hybridized carbons (Fsp3) is 0.200. The quantitative estimate of drug-likeness (QED) is 0.141. The molecule has 1 heterocycles. The van der Waals surface area contributed by atoms with Gasteiger partial charge in [0.1, 0.15) is 11.5 Å². The fourth-order valence-electron chi connectivity index (χ4n) is 4.56. The van der Waals surface area contributed by atoms with Crippen LogP contribution in [0.15, 0.2) is 96.4 Å². The van der Waals surface area contributed by atoms with Gasteiger partial charge in [-0.2, -0.15) is 0 Å². The van der Waals surface area contributed by atoms with Crippen LogP contribution in [0, 0.1) is 0 Å². The lowest BCUT2D eigenvalue weighted by Gasteiger charge is -2.37. The molecular formula is C30H24F6N2O5S. The summed E-state index contributed by atoms with van der Waals surface area (Å²) >= 11 is 1.16. The molecule has 1 unspecified atom stereocenters. The van der Waals surface area contributed by atoms with Gasteiger partial charge in [-0.25, -0.2) is 9.59 Å². The van der Waals surface area contributed by atoms with E-state index in [9.17, 15) is 35.9 Å². The zero-order valence-corrected chi connectivity index (χ0v) is 23.6. The summed E-state index contributed by atoms with van der Waals surface area (Å²) in [6.07, 6.45) is -10.3. The van der Waals surface area contributed by atoms with E-state index in [-0.39, 0.29) is 17.5 Å². The Kier molecular flexibility index (Phi) is 9.72. The van der Waals surface area contributed by atoms with E-state index < -0.39 is 47.8 Å². The summed E-state index contributed by atoms with van der Waals surface area (Å²) in [5.41, 5.74) is -1.24. The smallest absolute Gasteiger partial charge is 0.467 e. The zero-order chi connectivity index (χ0) is 32.0. The van der Waals surface area contributed by atoms with Crippen molar-refractivity contribution in [3.05, 3.63) is 118 Å². The van der Waals surface area contributed by atoms with Gasteiger partial charge in [-0.3, -0.25) is 0 Å². The van der Waals surface area contributed by atoms with Gasteiger partial charge in [-0.15, -0.1) is 37.7 Å². The Balaban J connectivity index is 1.89. The standard InChI is InChI=1S/C30H24F6N2O5S/c1-41-26(39)25(24-14-7-15-44-24)37-27(40)38-28(18-19-8-3-2-4-9-19,20-10-5-12-22(16-20)42-29(31,32)33)21-11-6-13-23(17-21)43-30(34,35)36/h2-17,25H,18H2,1H3,(H2,37,38,40). The number of methoxy groups -OCH3 is 1. The number of nitrogens with one attached hydrogen (secondary N) is 2. The Bertz CT molecular complexity index is 1500. The topological polar surface area (TPSA) is 85.9 Å². The maximum Gasteiger partial charge on any atom is 0.573 e. The molecule has 232 valence electrons. The van der Waals surface area contributed by atoms with Crippen LogP contribution in [0.2, 0.25) is 0 Å². The minimum absolute atomic E-state index is 0.0214. The van der Waals surface area contributed by atoms with Crippen molar-refractivity contribution >= 4 is 23.3 Å². The molecule has 1 atom stereocenters. The van der Waals surface area contributed by atoms with E-state index in [4.69, 9.17) is 4.74 Å². The van der Waals surface area contributed by atoms with Gasteiger partial charge in [0.2, 0.25) is 0 Å². The molecular weight excluding hydrogens is 614 g/mol. The lowest BCUT2D eigenvalue weighted by molar-refractivity contribution is -0.275. The third kappa shape index (κ3) is 8.43. The predicted molar refractivity (Wildman–Crippen MR) is 148 cm³/mol. The molecule has 3 aromatic carbocycles. The average molecular weight is 639 g/mol. The van der Waals surface area contributed by atoms with Crippen LogP contribution >= 0.6 is 11.3 Å². The van der Waals surface area contributed by atoms with Crippen LogP contribution in [0.25, 0.3) is 0 Å². The van der Waals surface area contributed by atoms with Crippen LogP contribution in [0.5, 0.6) is 11.5 Å². The van der Waals surface area contributed by atoms with Crippen molar-refractivity contribution in [3.8, 4) is 11.5 Å². The number of esters is 1. The number of carbonyl (C=O) groups excluding carboxylic acids is 2. The number of rotatable bonds is 10. The van der Waals surface area contributed by atoms with Gasteiger partial charge < -0.3 is 24.8 Å². The SMILES string of the molecule is COC(=O)C(NC(=O)NC(Cc1ccccc1)(c1cccc(OC(F)(F)F)c1)c1cccc(OC(F)(F)F)c1)c1cccs1. The number of thiophene rings is 1. The van der Waals surface area contributed by atoms with Crippen LogP contribution in [0.3, 0.4) is 0 Å². The summed E-state index contributed by atoms with van der Waals surface area (Å²) in [6, 6.07) is 18.8. The van der Waals surface area contributed by atoms with E-state index in [0.29, 0.717) is 10.4 Å². The minimum Gasteiger partial charge on any atom is -0.467 e. The monoisotopic (exact) mass is 638 g/mol. The Labute approximate surface area is 251 Å². The second-order valence-corrected chi connectivity index (χ2v) is 10.3. The molecule has 0 fully saturated rings. The van der Waals surface area contributed by atoms with E-state index in [2.05, 4.69) is 20.1 Å². The Hall–Kier alpha value is -4.72. The molecule has 44 heavy (non-hydrogen) atoms. The number of carbonyl (C=O) groups is 2. The number of alkyl halides is 6. The highest BCUT2D eigenvalue weighted by Gasteiger charge is 2.40. The predicted octanol–water partition coefficient (Wildman–Crippen LogP) is 7.25. The van der Waals surface area contributed by atoms with Crippen molar-refractivity contribution in [2.45, 2.75) is 30.7 Å². The molecule has 0 aliphatic rings. The number of urea groups is 1. The molecule has 4 rings (SSSR count). The number of hydrogen-bond acceptors (Lipinski definition) is 6. The first-order valence-electron chi connectivity index (χ1n) is 12.7. The van der Waals surface area contributed by atoms with Crippen LogP contribution < -0.4 is 20.1 Å². The van der Waals surface area contributed by atoms with Gasteiger partial charge in [0, 0.05) is 11.3 Å². The third-order valence-corrected chi connectivity index (χ3v) is 7.24. The highest BCUT2D eigenvalue weighted by molar-refractivity contribution is 7.10. The molecule has 0 saturated carbocycles. The van der Waals surface area contributed by atoms with E-state index in [1.807, 2.05) is 0 Å². The van der Waals surface area contributed by atoms with Crippen molar-refractivity contribution in [3.63, 3.8) is 0 Å². The first-order valence-corrected chi connectivity index (χ1v) is 13.6. The molecule has 2 N–H and O–H groups in total. The highest BCUT2D eigenvalue weighted by Crippen LogP contribution is 2.38. The maximum absolute atomic E-state index is 13.7. The molecule has 0 aliphatic carbocycles. The fourth-order valence-corrected chi connectivity index (χ4v) is 5.32. The van der Waals surface area contributed by atoms with Gasteiger partial charge in [-0.05, 0) is 52.4 Å². The molecule has 0 bridgehead atoms. The lowest BCUT2D eigenvalue weighted by Crippen LogP contribution is -2.53. The van der Waals surface area contributed by atoms with Crippen LogP contribution in [-0.2, 0) is 21.5 Å². The Morgan fingerprint density at radius 3 is 1.82 bits per heavy atom. The molecule has 4 aromatic rings. The summed E-state index contributed by atoms with van der Waals surface area (Å²) < 4.78 is 92.1. The summed E-state index contributed by atoms with van der Waals surface area (Å²) in [7, 11) is 1.13. The molecule has 0 aliphatic heterocycles. The van der Waals surface area contributed by atoms with Crippen molar-refractivity contribution in [1.82, 2.24) is 10.6 Å². The van der Waals surface area contributed by atoms with Crippen molar-refractivity contribution in [2.75, 3.05) is 7.11 Å². The van der Waals surface area contributed by atoms with Gasteiger partial charge in [0.25, 0.3) is 0 Å².